The lowest BCUT2D eigenvalue weighted by Crippen LogP contribution is -1.99. The molecule has 12 heavy (non-hydrogen) atoms. The fourth-order valence-corrected chi connectivity index (χ4v) is 1.64. The minimum Gasteiger partial charge on any atom is -0.388 e. The third kappa shape index (κ3) is 1.84. The summed E-state index contributed by atoms with van der Waals surface area (Å²) in [6.45, 7) is 1.81. The standard InChI is InChI=1S/C9H10BrFO/c1-2-8(12)9-6(10)4-3-5-7(9)11/h3-5,8,12H,2H2,1H3/t8-/m0/s1. The van der Waals surface area contributed by atoms with Crippen LogP contribution in [0.3, 0.4) is 0 Å². The molecule has 0 saturated carbocycles. The van der Waals surface area contributed by atoms with Gasteiger partial charge < -0.3 is 5.11 Å². The molecule has 0 aliphatic rings. The summed E-state index contributed by atoms with van der Waals surface area (Å²) in [5, 5.41) is 9.42. The zero-order valence-corrected chi connectivity index (χ0v) is 8.31. The molecule has 0 spiro atoms. The monoisotopic (exact) mass is 232 g/mol. The van der Waals surface area contributed by atoms with Gasteiger partial charge >= 0.3 is 0 Å². The molecule has 1 aromatic rings. The van der Waals surface area contributed by atoms with Gasteiger partial charge in [0.1, 0.15) is 5.82 Å². The molecular formula is C9H10BrFO. The summed E-state index contributed by atoms with van der Waals surface area (Å²) in [4.78, 5) is 0. The Bertz CT molecular complexity index is 255. The van der Waals surface area contributed by atoms with Crippen LogP contribution in [0.15, 0.2) is 22.7 Å². The van der Waals surface area contributed by atoms with Crippen molar-refractivity contribution >= 4 is 15.9 Å². The highest BCUT2D eigenvalue weighted by atomic mass is 79.9. The molecule has 0 amide bonds. The van der Waals surface area contributed by atoms with Crippen LogP contribution in [-0.2, 0) is 0 Å². The van der Waals surface area contributed by atoms with E-state index in [4.69, 9.17) is 0 Å². The maximum atomic E-state index is 13.1. The number of rotatable bonds is 2. The summed E-state index contributed by atoms with van der Waals surface area (Å²) >= 11 is 3.19. The number of hydrogen-bond donors (Lipinski definition) is 1. The number of halogens is 2. The molecule has 0 unspecified atom stereocenters. The Labute approximate surface area is 79.4 Å². The van der Waals surface area contributed by atoms with Crippen molar-refractivity contribution < 1.29 is 9.50 Å². The first-order valence-corrected chi connectivity index (χ1v) is 4.58. The van der Waals surface area contributed by atoms with Crippen molar-refractivity contribution in [2.45, 2.75) is 19.4 Å². The predicted octanol–water partition coefficient (Wildman–Crippen LogP) is 3.03. The van der Waals surface area contributed by atoms with E-state index in [0.29, 0.717) is 16.5 Å². The molecule has 0 heterocycles. The van der Waals surface area contributed by atoms with E-state index >= 15 is 0 Å². The predicted molar refractivity (Wildman–Crippen MR) is 49.4 cm³/mol. The van der Waals surface area contributed by atoms with Gasteiger partial charge in [0.2, 0.25) is 0 Å². The summed E-state index contributed by atoms with van der Waals surface area (Å²) in [6, 6.07) is 4.67. The molecule has 0 aliphatic heterocycles. The average molecular weight is 233 g/mol. The van der Waals surface area contributed by atoms with Crippen molar-refractivity contribution in [1.82, 2.24) is 0 Å². The molecule has 3 heteroatoms. The SMILES string of the molecule is CC[C@H](O)c1c(F)cccc1Br. The third-order valence-corrected chi connectivity index (χ3v) is 2.41. The van der Waals surface area contributed by atoms with Crippen molar-refractivity contribution in [3.63, 3.8) is 0 Å². The summed E-state index contributed by atoms with van der Waals surface area (Å²) < 4.78 is 13.7. The molecule has 1 aromatic carbocycles. The quantitative estimate of drug-likeness (QED) is 0.832. The van der Waals surface area contributed by atoms with Crippen LogP contribution in [0.2, 0.25) is 0 Å². The molecule has 0 saturated heterocycles. The highest BCUT2D eigenvalue weighted by Crippen LogP contribution is 2.27. The van der Waals surface area contributed by atoms with Gasteiger partial charge in [0.05, 0.1) is 6.10 Å². The van der Waals surface area contributed by atoms with Crippen molar-refractivity contribution in [3.8, 4) is 0 Å². The number of hydrogen-bond acceptors (Lipinski definition) is 1. The van der Waals surface area contributed by atoms with Gasteiger partial charge in [-0.05, 0) is 18.6 Å². The molecule has 0 fully saturated rings. The van der Waals surface area contributed by atoms with E-state index in [9.17, 15) is 9.50 Å². The zero-order chi connectivity index (χ0) is 9.14. The molecular weight excluding hydrogens is 223 g/mol. The molecule has 1 atom stereocenters. The fraction of sp³-hybridized carbons (Fsp3) is 0.333. The van der Waals surface area contributed by atoms with Gasteiger partial charge in [-0.15, -0.1) is 0 Å². The van der Waals surface area contributed by atoms with Crippen LogP contribution in [0.4, 0.5) is 4.39 Å². The first-order valence-electron chi connectivity index (χ1n) is 3.78. The van der Waals surface area contributed by atoms with Crippen LogP contribution in [0.5, 0.6) is 0 Å². The first-order chi connectivity index (χ1) is 5.66. The average Bonchev–Trinajstić information content (AvgIpc) is 2.03. The number of benzene rings is 1. The fourth-order valence-electron chi connectivity index (χ4n) is 1.03. The smallest absolute Gasteiger partial charge is 0.130 e. The van der Waals surface area contributed by atoms with Gasteiger partial charge in [0, 0.05) is 10.0 Å². The lowest BCUT2D eigenvalue weighted by atomic mass is 10.1. The van der Waals surface area contributed by atoms with E-state index in [0.717, 1.165) is 0 Å². The zero-order valence-electron chi connectivity index (χ0n) is 6.72. The Morgan fingerprint density at radius 3 is 2.75 bits per heavy atom. The molecule has 0 aromatic heterocycles. The molecule has 66 valence electrons. The topological polar surface area (TPSA) is 20.2 Å². The van der Waals surface area contributed by atoms with Gasteiger partial charge in [-0.2, -0.15) is 0 Å². The van der Waals surface area contributed by atoms with Crippen LogP contribution in [0, 0.1) is 5.82 Å². The molecule has 1 rings (SSSR count). The molecule has 1 nitrogen and oxygen atoms in total. The highest BCUT2D eigenvalue weighted by Gasteiger charge is 2.13. The Balaban J connectivity index is 3.12. The third-order valence-electron chi connectivity index (χ3n) is 1.72. The summed E-state index contributed by atoms with van der Waals surface area (Å²) in [5.74, 6) is -0.362. The van der Waals surface area contributed by atoms with Crippen LogP contribution in [0.25, 0.3) is 0 Å². The van der Waals surface area contributed by atoms with Gasteiger partial charge in [0.15, 0.2) is 0 Å². The summed E-state index contributed by atoms with van der Waals surface area (Å²) in [5.41, 5.74) is 0.347. The molecule has 1 N–H and O–H groups in total. The van der Waals surface area contributed by atoms with Crippen molar-refractivity contribution in [2.75, 3.05) is 0 Å². The minimum absolute atomic E-state index is 0.347. The van der Waals surface area contributed by atoms with Crippen molar-refractivity contribution in [1.29, 1.82) is 0 Å². The second kappa shape index (κ2) is 4.01. The minimum atomic E-state index is -0.722. The van der Waals surface area contributed by atoms with Crippen LogP contribution in [0.1, 0.15) is 25.0 Å². The van der Waals surface area contributed by atoms with E-state index in [1.165, 1.54) is 6.07 Å². The largest absolute Gasteiger partial charge is 0.388 e. The summed E-state index contributed by atoms with van der Waals surface area (Å²) in [6.07, 6.45) is -0.208. The lowest BCUT2D eigenvalue weighted by Gasteiger charge is -2.10. The highest BCUT2D eigenvalue weighted by molar-refractivity contribution is 9.10. The van der Waals surface area contributed by atoms with Crippen molar-refractivity contribution in [2.24, 2.45) is 0 Å². The number of aliphatic hydroxyl groups is 1. The van der Waals surface area contributed by atoms with Crippen LogP contribution in [-0.4, -0.2) is 5.11 Å². The maximum absolute atomic E-state index is 13.1. The van der Waals surface area contributed by atoms with E-state index in [1.807, 2.05) is 6.92 Å². The Hall–Kier alpha value is -0.410. The lowest BCUT2D eigenvalue weighted by molar-refractivity contribution is 0.168. The second-order valence-electron chi connectivity index (χ2n) is 2.56. The number of aliphatic hydroxyl groups excluding tert-OH is 1. The molecule has 0 radical (unpaired) electrons. The van der Waals surface area contributed by atoms with Gasteiger partial charge in [-0.3, -0.25) is 0 Å². The van der Waals surface area contributed by atoms with E-state index in [2.05, 4.69) is 15.9 Å². The van der Waals surface area contributed by atoms with Gasteiger partial charge in [-0.1, -0.05) is 28.9 Å². The van der Waals surface area contributed by atoms with Crippen LogP contribution >= 0.6 is 15.9 Å². The van der Waals surface area contributed by atoms with Gasteiger partial charge in [-0.25, -0.2) is 4.39 Å². The van der Waals surface area contributed by atoms with Gasteiger partial charge in [0.25, 0.3) is 0 Å². The van der Waals surface area contributed by atoms with Crippen LogP contribution < -0.4 is 0 Å². The maximum Gasteiger partial charge on any atom is 0.130 e. The van der Waals surface area contributed by atoms with E-state index in [1.54, 1.807) is 12.1 Å². The summed E-state index contributed by atoms with van der Waals surface area (Å²) in [7, 11) is 0. The Morgan fingerprint density at radius 2 is 2.25 bits per heavy atom. The molecule has 0 bridgehead atoms. The van der Waals surface area contributed by atoms with Crippen molar-refractivity contribution in [3.05, 3.63) is 34.1 Å². The van der Waals surface area contributed by atoms with E-state index < -0.39 is 6.10 Å². The Kier molecular flexibility index (Phi) is 3.23. The Morgan fingerprint density at radius 1 is 1.58 bits per heavy atom. The molecule has 0 aliphatic carbocycles. The first kappa shape index (κ1) is 9.68. The normalized spacial score (nSPS) is 13.0. The second-order valence-corrected chi connectivity index (χ2v) is 3.41. The van der Waals surface area contributed by atoms with E-state index in [-0.39, 0.29) is 5.82 Å².